The predicted molar refractivity (Wildman–Crippen MR) is 64.0 cm³/mol. The topological polar surface area (TPSA) is 45.6 Å². The quantitative estimate of drug-likeness (QED) is 0.923. The molecular formula is C11H15F3N2O2S. The van der Waals surface area contributed by atoms with Gasteiger partial charge >= 0.3 is 6.18 Å². The van der Waals surface area contributed by atoms with Gasteiger partial charge < -0.3 is 9.84 Å². The van der Waals surface area contributed by atoms with Gasteiger partial charge in [-0.15, -0.1) is 11.3 Å². The number of halogens is 3. The monoisotopic (exact) mass is 296 g/mol. The Hall–Kier alpha value is -0.700. The number of β-amino-alcohol motifs (C(OH)–C–C–N with tert-alkyl or cyclic N) is 1. The minimum Gasteiger partial charge on any atom is -0.382 e. The molecule has 19 heavy (non-hydrogen) atoms. The fourth-order valence-corrected chi connectivity index (χ4v) is 2.85. The number of nitrogens with zero attached hydrogens (tertiary/aromatic N) is 2. The highest BCUT2D eigenvalue weighted by molar-refractivity contribution is 7.09. The molecule has 1 aromatic rings. The molecule has 4 nitrogen and oxygen atoms in total. The van der Waals surface area contributed by atoms with E-state index in [1.807, 2.05) is 12.3 Å². The van der Waals surface area contributed by atoms with Crippen LogP contribution in [-0.2, 0) is 4.74 Å². The number of morpholine rings is 1. The van der Waals surface area contributed by atoms with Gasteiger partial charge in [0, 0.05) is 24.2 Å². The third-order valence-electron chi connectivity index (χ3n) is 2.95. The Bertz CT molecular complexity index is 424. The van der Waals surface area contributed by atoms with Crippen molar-refractivity contribution < 1.29 is 23.0 Å². The van der Waals surface area contributed by atoms with E-state index in [1.165, 1.54) is 11.3 Å². The van der Waals surface area contributed by atoms with Crippen LogP contribution in [-0.4, -0.2) is 53.6 Å². The first kappa shape index (κ1) is 14.7. The Morgan fingerprint density at radius 2 is 2.37 bits per heavy atom. The lowest BCUT2D eigenvalue weighted by molar-refractivity contribution is -0.212. The third kappa shape index (κ3) is 3.65. The summed E-state index contributed by atoms with van der Waals surface area (Å²) in [6.07, 6.45) is -6.93. The summed E-state index contributed by atoms with van der Waals surface area (Å²) in [7, 11) is 0. The van der Waals surface area contributed by atoms with Gasteiger partial charge in [0.05, 0.1) is 19.3 Å². The number of ether oxygens (including phenoxy) is 1. The van der Waals surface area contributed by atoms with Crippen molar-refractivity contribution in [3.05, 3.63) is 16.1 Å². The lowest BCUT2D eigenvalue weighted by atomic mass is 10.2. The van der Waals surface area contributed by atoms with Crippen molar-refractivity contribution in [3.63, 3.8) is 0 Å². The molecule has 2 heterocycles. The van der Waals surface area contributed by atoms with Gasteiger partial charge in [0.2, 0.25) is 0 Å². The summed E-state index contributed by atoms with van der Waals surface area (Å²) in [4.78, 5) is 5.87. The van der Waals surface area contributed by atoms with E-state index in [9.17, 15) is 18.3 Å². The van der Waals surface area contributed by atoms with Crippen molar-refractivity contribution >= 4 is 11.3 Å². The average molecular weight is 296 g/mol. The van der Waals surface area contributed by atoms with Crippen molar-refractivity contribution in [1.82, 2.24) is 9.88 Å². The van der Waals surface area contributed by atoms with E-state index >= 15 is 0 Å². The number of aromatic nitrogens is 1. The van der Waals surface area contributed by atoms with Crippen molar-refractivity contribution in [2.24, 2.45) is 0 Å². The predicted octanol–water partition coefficient (Wildman–Crippen LogP) is 1.75. The molecule has 1 N–H and O–H groups in total. The normalized spacial score (nSPS) is 23.5. The van der Waals surface area contributed by atoms with Gasteiger partial charge in [-0.1, -0.05) is 0 Å². The number of hydrogen-bond donors (Lipinski definition) is 1. The smallest absolute Gasteiger partial charge is 0.382 e. The molecule has 1 fully saturated rings. The molecule has 8 heteroatoms. The van der Waals surface area contributed by atoms with Crippen LogP contribution in [0.5, 0.6) is 0 Å². The van der Waals surface area contributed by atoms with Gasteiger partial charge in [-0.2, -0.15) is 13.2 Å². The molecule has 0 bridgehead atoms. The van der Waals surface area contributed by atoms with Crippen LogP contribution < -0.4 is 0 Å². The Kier molecular flexibility index (Phi) is 4.44. The van der Waals surface area contributed by atoms with E-state index in [1.54, 1.807) is 4.90 Å². The molecule has 0 aliphatic carbocycles. The Balaban J connectivity index is 2.08. The molecule has 0 saturated carbocycles. The molecule has 1 aliphatic heterocycles. The molecule has 1 saturated heterocycles. The maximum atomic E-state index is 12.4. The summed E-state index contributed by atoms with van der Waals surface area (Å²) in [5, 5.41) is 11.8. The van der Waals surface area contributed by atoms with Crippen molar-refractivity contribution in [1.29, 1.82) is 0 Å². The number of aliphatic hydroxyl groups is 1. The Morgan fingerprint density at radius 3 is 2.95 bits per heavy atom. The summed E-state index contributed by atoms with van der Waals surface area (Å²) in [6, 6.07) is -0.315. The standard InChI is InChI=1S/C11H15F3N2O2S/c1-7-6-19-10(15-7)8-5-18-3-2-16(8)4-9(17)11(12,13)14/h6,8-9,17H,2-5H2,1H3/t8-,9-/m1/s1. The molecule has 0 spiro atoms. The summed E-state index contributed by atoms with van der Waals surface area (Å²) in [6.45, 7) is 2.41. The van der Waals surface area contributed by atoms with Gasteiger partial charge in [-0.05, 0) is 6.92 Å². The van der Waals surface area contributed by atoms with E-state index < -0.39 is 18.8 Å². The van der Waals surface area contributed by atoms with Crippen molar-refractivity contribution in [3.8, 4) is 0 Å². The van der Waals surface area contributed by atoms with E-state index in [0.29, 0.717) is 19.8 Å². The summed E-state index contributed by atoms with van der Waals surface area (Å²) in [5.41, 5.74) is 0.835. The van der Waals surface area contributed by atoms with E-state index in [-0.39, 0.29) is 6.04 Å². The lowest BCUT2D eigenvalue weighted by Crippen LogP contribution is -2.47. The van der Waals surface area contributed by atoms with Crippen molar-refractivity contribution in [2.75, 3.05) is 26.3 Å². The molecule has 0 amide bonds. The highest BCUT2D eigenvalue weighted by Gasteiger charge is 2.41. The number of hydrogen-bond acceptors (Lipinski definition) is 5. The molecule has 1 aliphatic rings. The Labute approximate surface area is 112 Å². The fourth-order valence-electron chi connectivity index (χ4n) is 1.93. The SMILES string of the molecule is Cc1csc([C@H]2COCCN2C[C@@H](O)C(F)(F)F)n1. The van der Waals surface area contributed by atoms with Crippen LogP contribution in [0.4, 0.5) is 13.2 Å². The van der Waals surface area contributed by atoms with Crippen LogP contribution in [0.1, 0.15) is 16.7 Å². The van der Waals surface area contributed by atoms with Crippen LogP contribution in [0, 0.1) is 6.92 Å². The van der Waals surface area contributed by atoms with Crippen LogP contribution in [0.25, 0.3) is 0 Å². The van der Waals surface area contributed by atoms with Gasteiger partial charge in [-0.25, -0.2) is 4.98 Å². The fraction of sp³-hybridized carbons (Fsp3) is 0.727. The third-order valence-corrected chi connectivity index (χ3v) is 4.01. The lowest BCUT2D eigenvalue weighted by Gasteiger charge is -2.35. The molecule has 2 atom stereocenters. The molecule has 0 radical (unpaired) electrons. The maximum Gasteiger partial charge on any atom is 0.415 e. The molecule has 1 aromatic heterocycles. The zero-order valence-corrected chi connectivity index (χ0v) is 11.2. The molecule has 0 aromatic carbocycles. The first-order chi connectivity index (χ1) is 8.88. The highest BCUT2D eigenvalue weighted by atomic mass is 32.1. The van der Waals surface area contributed by atoms with Crippen LogP contribution in [0.15, 0.2) is 5.38 Å². The summed E-state index contributed by atoms with van der Waals surface area (Å²) < 4.78 is 42.6. The number of thiazole rings is 1. The number of alkyl halides is 3. The van der Waals surface area contributed by atoms with E-state index in [4.69, 9.17) is 4.74 Å². The van der Waals surface area contributed by atoms with Gasteiger partial charge in [0.1, 0.15) is 5.01 Å². The van der Waals surface area contributed by atoms with Gasteiger partial charge in [-0.3, -0.25) is 4.90 Å². The first-order valence-electron chi connectivity index (χ1n) is 5.86. The van der Waals surface area contributed by atoms with Crippen molar-refractivity contribution in [2.45, 2.75) is 25.2 Å². The zero-order valence-electron chi connectivity index (χ0n) is 10.4. The Morgan fingerprint density at radius 1 is 1.63 bits per heavy atom. The average Bonchev–Trinajstić information content (AvgIpc) is 2.75. The highest BCUT2D eigenvalue weighted by Crippen LogP contribution is 2.29. The van der Waals surface area contributed by atoms with Crippen LogP contribution >= 0.6 is 11.3 Å². The molecule has 0 unspecified atom stereocenters. The molecule has 2 rings (SSSR count). The molecule has 108 valence electrons. The summed E-state index contributed by atoms with van der Waals surface area (Å²) >= 11 is 1.40. The minimum absolute atomic E-state index is 0.303. The zero-order chi connectivity index (χ0) is 14.0. The second-order valence-corrected chi connectivity index (χ2v) is 5.36. The van der Waals surface area contributed by atoms with E-state index in [2.05, 4.69) is 4.98 Å². The van der Waals surface area contributed by atoms with Gasteiger partial charge in [0.15, 0.2) is 6.10 Å². The minimum atomic E-state index is -4.60. The van der Waals surface area contributed by atoms with Crippen LogP contribution in [0.2, 0.25) is 0 Å². The number of aliphatic hydroxyl groups excluding tert-OH is 1. The second-order valence-electron chi connectivity index (χ2n) is 4.47. The van der Waals surface area contributed by atoms with E-state index in [0.717, 1.165) is 10.7 Å². The number of aryl methyl sites for hydroxylation is 1. The van der Waals surface area contributed by atoms with Gasteiger partial charge in [0.25, 0.3) is 0 Å². The van der Waals surface area contributed by atoms with Crippen LogP contribution in [0.3, 0.4) is 0 Å². The second kappa shape index (κ2) is 5.74. The largest absolute Gasteiger partial charge is 0.415 e. The first-order valence-corrected chi connectivity index (χ1v) is 6.74. The summed E-state index contributed by atoms with van der Waals surface area (Å²) in [5.74, 6) is 0. The molecular weight excluding hydrogens is 281 g/mol. The number of rotatable bonds is 3. The maximum absolute atomic E-state index is 12.4.